The molecule has 1 aromatic carbocycles. The van der Waals surface area contributed by atoms with Gasteiger partial charge in [-0.25, -0.2) is 18.7 Å². The first-order valence-electron chi connectivity index (χ1n) is 10.6. The van der Waals surface area contributed by atoms with Crippen molar-refractivity contribution in [1.29, 1.82) is 0 Å². The smallest absolute Gasteiger partial charge is 0.225 e. The summed E-state index contributed by atoms with van der Waals surface area (Å²) in [6.07, 6.45) is 9.73. The maximum absolute atomic E-state index is 14.2. The summed E-state index contributed by atoms with van der Waals surface area (Å²) in [6.45, 7) is 4.37. The van der Waals surface area contributed by atoms with Gasteiger partial charge in [0.2, 0.25) is 18.2 Å². The molecule has 9 heteroatoms. The molecule has 2 aromatic heterocycles. The summed E-state index contributed by atoms with van der Waals surface area (Å²) < 4.78 is 38.6. The molecule has 0 amide bonds. The second-order valence-electron chi connectivity index (χ2n) is 7.68. The van der Waals surface area contributed by atoms with Crippen molar-refractivity contribution in [3.05, 3.63) is 48.1 Å². The van der Waals surface area contributed by atoms with Gasteiger partial charge in [-0.3, -0.25) is 0 Å². The quantitative estimate of drug-likeness (QED) is 0.490. The Morgan fingerprint density at radius 3 is 2.42 bits per heavy atom. The van der Waals surface area contributed by atoms with Gasteiger partial charge in [0.05, 0.1) is 12.2 Å². The van der Waals surface area contributed by atoms with Gasteiger partial charge < -0.3 is 14.2 Å². The van der Waals surface area contributed by atoms with Gasteiger partial charge in [-0.15, -0.1) is 0 Å². The van der Waals surface area contributed by atoms with Gasteiger partial charge in [0.1, 0.15) is 17.4 Å². The van der Waals surface area contributed by atoms with Crippen LogP contribution in [-0.4, -0.2) is 39.8 Å². The molecule has 7 nitrogen and oxygen atoms in total. The Bertz CT molecular complexity index is 951. The first-order valence-corrected chi connectivity index (χ1v) is 10.6. The molecular weight excluding hydrogens is 404 g/mol. The fraction of sp³-hybridized carbons (Fsp3) is 0.455. The zero-order valence-corrected chi connectivity index (χ0v) is 17.4. The summed E-state index contributed by atoms with van der Waals surface area (Å²) in [7, 11) is 0. The largest absolute Gasteiger partial charge is 0.493 e. The zero-order chi connectivity index (χ0) is 21.6. The molecule has 31 heavy (non-hydrogen) atoms. The fourth-order valence-corrected chi connectivity index (χ4v) is 3.81. The van der Waals surface area contributed by atoms with Gasteiger partial charge in [-0.1, -0.05) is 12.1 Å². The molecule has 1 fully saturated rings. The number of aromatic nitrogens is 4. The highest BCUT2D eigenvalue weighted by molar-refractivity contribution is 5.57. The van der Waals surface area contributed by atoms with Crippen molar-refractivity contribution in [3.63, 3.8) is 0 Å². The molecule has 0 radical (unpaired) electrons. The third-order valence-corrected chi connectivity index (χ3v) is 5.62. The lowest BCUT2D eigenvalue weighted by Gasteiger charge is -2.32. The monoisotopic (exact) mass is 429 g/mol. The molecule has 0 unspecified atom stereocenters. The van der Waals surface area contributed by atoms with E-state index in [1.54, 1.807) is 0 Å². The van der Waals surface area contributed by atoms with Crippen LogP contribution in [0.4, 0.5) is 14.7 Å². The predicted octanol–water partition coefficient (Wildman–Crippen LogP) is 4.44. The maximum Gasteiger partial charge on any atom is 0.225 e. The Labute approximate surface area is 179 Å². The summed E-state index contributed by atoms with van der Waals surface area (Å²) in [5.41, 5.74) is 0.823. The normalized spacial score (nSPS) is 14.7. The Kier molecular flexibility index (Phi) is 6.69. The van der Waals surface area contributed by atoms with Crippen molar-refractivity contribution in [1.82, 2.24) is 20.1 Å². The molecule has 0 N–H and O–H groups in total. The van der Waals surface area contributed by atoms with Crippen LogP contribution in [0.25, 0.3) is 11.4 Å². The summed E-state index contributed by atoms with van der Waals surface area (Å²) in [5.74, 6) is -0.128. The Hall–Kier alpha value is -3.10. The first-order chi connectivity index (χ1) is 15.1. The van der Waals surface area contributed by atoms with Crippen LogP contribution in [-0.2, 0) is 6.42 Å². The summed E-state index contributed by atoms with van der Waals surface area (Å²) in [5, 5.41) is 3.48. The molecule has 3 heterocycles. The van der Waals surface area contributed by atoms with E-state index in [1.807, 2.05) is 12.4 Å². The van der Waals surface area contributed by atoms with E-state index in [2.05, 4.69) is 36.5 Å². The number of hydrogen-bond acceptors (Lipinski definition) is 7. The lowest BCUT2D eigenvalue weighted by molar-refractivity contribution is 0.277. The number of rotatable bonds is 8. The highest BCUT2D eigenvalue weighted by atomic mass is 19.1. The SMILES string of the molecule is CCc1cnc(N2CCC(CCCOc3cc(F)c(-c4ncon4)c(F)c3)CC2)nc1. The summed E-state index contributed by atoms with van der Waals surface area (Å²) >= 11 is 0. The van der Waals surface area contributed by atoms with Crippen LogP contribution in [0.2, 0.25) is 0 Å². The lowest BCUT2D eigenvalue weighted by Crippen LogP contribution is -2.35. The summed E-state index contributed by atoms with van der Waals surface area (Å²) in [6, 6.07) is 2.30. The minimum absolute atomic E-state index is 0.125. The molecule has 0 aliphatic carbocycles. The van der Waals surface area contributed by atoms with Crippen molar-refractivity contribution in [3.8, 4) is 17.1 Å². The van der Waals surface area contributed by atoms with Crippen LogP contribution in [0.5, 0.6) is 5.75 Å². The van der Waals surface area contributed by atoms with Gasteiger partial charge in [-0.2, -0.15) is 4.98 Å². The van der Waals surface area contributed by atoms with E-state index in [9.17, 15) is 8.78 Å². The van der Waals surface area contributed by atoms with Crippen LogP contribution in [0.15, 0.2) is 35.4 Å². The topological polar surface area (TPSA) is 77.2 Å². The number of ether oxygens (including phenoxy) is 1. The number of hydrogen-bond donors (Lipinski definition) is 0. The molecule has 0 atom stereocenters. The molecule has 164 valence electrons. The Morgan fingerprint density at radius 1 is 1.10 bits per heavy atom. The molecule has 1 aliphatic rings. The van der Waals surface area contributed by atoms with Crippen LogP contribution in [0, 0.1) is 17.6 Å². The van der Waals surface area contributed by atoms with Crippen LogP contribution >= 0.6 is 0 Å². The molecule has 1 saturated heterocycles. The lowest BCUT2D eigenvalue weighted by atomic mass is 9.92. The van der Waals surface area contributed by atoms with E-state index < -0.39 is 11.6 Å². The number of piperidine rings is 1. The average Bonchev–Trinajstić information content (AvgIpc) is 3.31. The first kappa shape index (κ1) is 21.1. The second kappa shape index (κ2) is 9.80. The van der Waals surface area contributed by atoms with Gasteiger partial charge >= 0.3 is 0 Å². The van der Waals surface area contributed by atoms with Crippen molar-refractivity contribution >= 4 is 5.95 Å². The van der Waals surface area contributed by atoms with Crippen LogP contribution < -0.4 is 9.64 Å². The number of anilines is 1. The predicted molar refractivity (Wildman–Crippen MR) is 111 cm³/mol. The number of aryl methyl sites for hydroxylation is 1. The number of halogens is 2. The highest BCUT2D eigenvalue weighted by Gasteiger charge is 2.21. The van der Waals surface area contributed by atoms with E-state index in [-0.39, 0.29) is 17.1 Å². The fourth-order valence-electron chi connectivity index (χ4n) is 3.81. The zero-order valence-electron chi connectivity index (χ0n) is 17.4. The van der Waals surface area contributed by atoms with E-state index in [4.69, 9.17) is 4.74 Å². The number of nitrogens with zero attached hydrogens (tertiary/aromatic N) is 5. The minimum atomic E-state index is -0.780. The van der Waals surface area contributed by atoms with Crippen molar-refractivity contribution in [2.45, 2.75) is 39.0 Å². The van der Waals surface area contributed by atoms with Crippen LogP contribution in [0.1, 0.15) is 38.2 Å². The minimum Gasteiger partial charge on any atom is -0.493 e. The number of benzene rings is 1. The van der Waals surface area contributed by atoms with Crippen LogP contribution in [0.3, 0.4) is 0 Å². The standard InChI is InChI=1S/C22H25F2N5O2/c1-2-15-12-25-22(26-13-15)29-7-5-16(6-8-29)4-3-9-30-17-10-18(23)20(19(24)11-17)21-27-14-31-28-21/h10-14,16H,2-9H2,1H3. The van der Waals surface area contributed by atoms with Crippen molar-refractivity contribution < 1.29 is 18.0 Å². The molecule has 0 saturated carbocycles. The Morgan fingerprint density at radius 2 is 1.81 bits per heavy atom. The molecule has 3 aromatic rings. The molecule has 0 bridgehead atoms. The molecule has 4 rings (SSSR count). The van der Waals surface area contributed by atoms with E-state index in [0.29, 0.717) is 12.5 Å². The van der Waals surface area contributed by atoms with Gasteiger partial charge in [0.25, 0.3) is 0 Å². The summed E-state index contributed by atoms with van der Waals surface area (Å²) in [4.78, 5) is 14.8. The van der Waals surface area contributed by atoms with Gasteiger partial charge in [0.15, 0.2) is 0 Å². The van der Waals surface area contributed by atoms with E-state index in [0.717, 1.165) is 75.2 Å². The molecular formula is C22H25F2N5O2. The van der Waals surface area contributed by atoms with E-state index >= 15 is 0 Å². The Balaban J connectivity index is 1.21. The maximum atomic E-state index is 14.2. The van der Waals surface area contributed by atoms with Gasteiger partial charge in [0, 0.05) is 37.6 Å². The molecule has 0 spiro atoms. The molecule has 1 aliphatic heterocycles. The second-order valence-corrected chi connectivity index (χ2v) is 7.68. The average molecular weight is 429 g/mol. The highest BCUT2D eigenvalue weighted by Crippen LogP contribution is 2.28. The third-order valence-electron chi connectivity index (χ3n) is 5.62. The third kappa shape index (κ3) is 5.15. The van der Waals surface area contributed by atoms with E-state index in [1.165, 1.54) is 0 Å². The van der Waals surface area contributed by atoms with Crippen molar-refractivity contribution in [2.75, 3.05) is 24.6 Å². The van der Waals surface area contributed by atoms with Crippen molar-refractivity contribution in [2.24, 2.45) is 5.92 Å². The van der Waals surface area contributed by atoms with Gasteiger partial charge in [-0.05, 0) is 43.6 Å².